The summed E-state index contributed by atoms with van der Waals surface area (Å²) in [6.07, 6.45) is -0.615. The van der Waals surface area contributed by atoms with Crippen molar-refractivity contribution in [3.63, 3.8) is 0 Å². The number of hydrogen-bond acceptors (Lipinski definition) is 3. The van der Waals surface area contributed by atoms with Crippen molar-refractivity contribution in [2.24, 2.45) is 5.73 Å². The van der Waals surface area contributed by atoms with Gasteiger partial charge < -0.3 is 10.8 Å². The summed E-state index contributed by atoms with van der Waals surface area (Å²) in [6.45, 7) is 0. The topological polar surface area (TPSA) is 104 Å². The van der Waals surface area contributed by atoms with Crippen molar-refractivity contribution in [3.8, 4) is 0 Å². The van der Waals surface area contributed by atoms with Gasteiger partial charge in [0.25, 0.3) is 0 Å². The molecule has 0 aromatic carbocycles. The summed E-state index contributed by atoms with van der Waals surface area (Å²) >= 11 is 4.33. The van der Waals surface area contributed by atoms with Gasteiger partial charge in [0.2, 0.25) is 5.91 Å². The molecule has 0 aliphatic heterocycles. The molecule has 11 heavy (non-hydrogen) atoms. The number of thiocarbonyl (C=S) groups is 1. The van der Waals surface area contributed by atoms with E-state index in [9.17, 15) is 9.59 Å². The van der Waals surface area contributed by atoms with Crippen molar-refractivity contribution in [1.82, 2.24) is 10.9 Å². The molecule has 0 unspecified atom stereocenters. The minimum absolute atomic E-state index is 0.122. The molecule has 0 fully saturated rings. The maximum atomic E-state index is 10.5. The van der Waals surface area contributed by atoms with Crippen LogP contribution in [0.15, 0.2) is 0 Å². The van der Waals surface area contributed by atoms with Crippen LogP contribution >= 0.6 is 12.2 Å². The van der Waals surface area contributed by atoms with E-state index in [0.29, 0.717) is 0 Å². The number of carboxylic acid groups (broad SMARTS) is 1. The predicted molar refractivity (Wildman–Crippen MR) is 40.3 cm³/mol. The zero-order valence-electron chi connectivity index (χ0n) is 5.46. The van der Waals surface area contributed by atoms with Gasteiger partial charge in [-0.2, -0.15) is 0 Å². The molecule has 0 aliphatic carbocycles. The Balaban J connectivity index is 3.53. The summed E-state index contributed by atoms with van der Waals surface area (Å²) in [4.78, 5) is 20.4. The molecule has 0 bridgehead atoms. The van der Waals surface area contributed by atoms with Gasteiger partial charge in [0.1, 0.15) is 6.42 Å². The van der Waals surface area contributed by atoms with E-state index < -0.39 is 18.3 Å². The Morgan fingerprint density at radius 3 is 2.36 bits per heavy atom. The van der Waals surface area contributed by atoms with Gasteiger partial charge in [0, 0.05) is 0 Å². The van der Waals surface area contributed by atoms with Gasteiger partial charge in [-0.25, -0.2) is 0 Å². The Morgan fingerprint density at radius 1 is 1.45 bits per heavy atom. The van der Waals surface area contributed by atoms with Gasteiger partial charge in [-0.15, -0.1) is 0 Å². The van der Waals surface area contributed by atoms with Crippen LogP contribution in [0.5, 0.6) is 0 Å². The molecule has 0 aromatic rings. The van der Waals surface area contributed by atoms with Crippen molar-refractivity contribution in [1.29, 1.82) is 0 Å². The maximum Gasteiger partial charge on any atom is 0.312 e. The van der Waals surface area contributed by atoms with Crippen LogP contribution in [0.2, 0.25) is 0 Å². The van der Waals surface area contributed by atoms with Crippen LogP contribution in [0.25, 0.3) is 0 Å². The highest BCUT2D eigenvalue weighted by atomic mass is 32.1. The number of carbonyl (C=O) groups is 2. The minimum atomic E-state index is -1.22. The van der Waals surface area contributed by atoms with E-state index in [4.69, 9.17) is 10.8 Å². The molecule has 0 aromatic heterocycles. The summed E-state index contributed by atoms with van der Waals surface area (Å²) in [5.74, 6) is -1.92. The smallest absolute Gasteiger partial charge is 0.312 e. The summed E-state index contributed by atoms with van der Waals surface area (Å²) in [6, 6.07) is 0. The largest absolute Gasteiger partial charge is 0.481 e. The zero-order valence-corrected chi connectivity index (χ0v) is 6.27. The van der Waals surface area contributed by atoms with Crippen LogP contribution in [-0.4, -0.2) is 22.1 Å². The fourth-order valence-corrected chi connectivity index (χ4v) is 0.364. The molecule has 0 saturated carbocycles. The van der Waals surface area contributed by atoms with Gasteiger partial charge in [0.05, 0.1) is 0 Å². The van der Waals surface area contributed by atoms with Crippen LogP contribution in [-0.2, 0) is 9.59 Å². The van der Waals surface area contributed by atoms with E-state index >= 15 is 0 Å². The highest BCUT2D eigenvalue weighted by molar-refractivity contribution is 7.80. The molecule has 0 aliphatic rings. The van der Waals surface area contributed by atoms with Gasteiger partial charge in [-0.05, 0) is 12.2 Å². The number of rotatable bonds is 2. The lowest BCUT2D eigenvalue weighted by molar-refractivity contribution is -0.140. The average molecular weight is 177 g/mol. The number of nitrogens with one attached hydrogen (secondary N) is 2. The first-order chi connectivity index (χ1) is 5.02. The molecule has 5 N–H and O–H groups in total. The Kier molecular flexibility index (Phi) is 3.89. The van der Waals surface area contributed by atoms with Crippen molar-refractivity contribution >= 4 is 29.2 Å². The summed E-state index contributed by atoms with van der Waals surface area (Å²) in [5, 5.41) is 7.97. The third-order valence-electron chi connectivity index (χ3n) is 0.637. The van der Waals surface area contributed by atoms with Crippen molar-refractivity contribution in [2.45, 2.75) is 6.42 Å². The average Bonchev–Trinajstić information content (AvgIpc) is 1.82. The number of amides is 1. The third kappa shape index (κ3) is 6.52. The lowest BCUT2D eigenvalue weighted by Gasteiger charge is -2.03. The van der Waals surface area contributed by atoms with E-state index in [-0.39, 0.29) is 5.11 Å². The summed E-state index contributed by atoms with van der Waals surface area (Å²) < 4.78 is 0. The molecule has 0 radical (unpaired) electrons. The molecule has 6 nitrogen and oxygen atoms in total. The minimum Gasteiger partial charge on any atom is -0.481 e. The van der Waals surface area contributed by atoms with Gasteiger partial charge in [-0.1, -0.05) is 0 Å². The molecule has 7 heteroatoms. The maximum absolute atomic E-state index is 10.5. The van der Waals surface area contributed by atoms with Crippen molar-refractivity contribution in [3.05, 3.63) is 0 Å². The molecule has 0 atom stereocenters. The highest BCUT2D eigenvalue weighted by Crippen LogP contribution is 1.75. The normalized spacial score (nSPS) is 8.36. The SMILES string of the molecule is NC(=S)NNC(=O)CC(=O)O. The number of carbonyl (C=O) groups excluding carboxylic acids is 1. The standard InChI is InChI=1S/C4H7N3O3S/c5-4(11)7-6-2(8)1-3(9)10/h1H2,(H,6,8)(H,9,10)(H3,5,7,11). The van der Waals surface area contributed by atoms with Gasteiger partial charge in [-0.3, -0.25) is 20.4 Å². The fraction of sp³-hybridized carbons (Fsp3) is 0.250. The second-order valence-electron chi connectivity index (χ2n) is 1.61. The van der Waals surface area contributed by atoms with E-state index in [0.717, 1.165) is 0 Å². The lowest BCUT2D eigenvalue weighted by Crippen LogP contribution is -2.44. The molecule has 62 valence electrons. The second-order valence-corrected chi connectivity index (χ2v) is 2.05. The second kappa shape index (κ2) is 4.45. The molecule has 0 spiro atoms. The molecular formula is C4H7N3O3S. The van der Waals surface area contributed by atoms with E-state index in [1.54, 1.807) is 0 Å². The Hall–Kier alpha value is -1.37. The number of carboxylic acids is 1. The van der Waals surface area contributed by atoms with Crippen LogP contribution < -0.4 is 16.6 Å². The lowest BCUT2D eigenvalue weighted by atomic mass is 10.4. The first-order valence-corrected chi connectivity index (χ1v) is 2.99. The monoisotopic (exact) mass is 177 g/mol. The third-order valence-corrected chi connectivity index (χ3v) is 0.739. The van der Waals surface area contributed by atoms with Crippen LogP contribution in [0.3, 0.4) is 0 Å². The number of nitrogens with two attached hydrogens (primary N) is 1. The molecule has 1 amide bonds. The van der Waals surface area contributed by atoms with Crippen LogP contribution in [0, 0.1) is 0 Å². The molecule has 0 saturated heterocycles. The quantitative estimate of drug-likeness (QED) is 0.228. The van der Waals surface area contributed by atoms with E-state index in [2.05, 4.69) is 17.6 Å². The van der Waals surface area contributed by atoms with E-state index in [1.165, 1.54) is 0 Å². The predicted octanol–water partition coefficient (Wildman–Crippen LogP) is -1.67. The Bertz CT molecular complexity index is 193. The summed E-state index contributed by atoms with van der Waals surface area (Å²) in [5.41, 5.74) is 9.00. The highest BCUT2D eigenvalue weighted by Gasteiger charge is 2.05. The van der Waals surface area contributed by atoms with Gasteiger partial charge >= 0.3 is 5.97 Å². The Morgan fingerprint density at radius 2 is 2.00 bits per heavy atom. The molecular weight excluding hydrogens is 170 g/mol. The van der Waals surface area contributed by atoms with Crippen molar-refractivity contribution < 1.29 is 14.7 Å². The fourth-order valence-electron chi connectivity index (χ4n) is 0.313. The number of hydrazine groups is 1. The van der Waals surface area contributed by atoms with Gasteiger partial charge in [0.15, 0.2) is 5.11 Å². The molecule has 0 heterocycles. The van der Waals surface area contributed by atoms with E-state index in [1.807, 2.05) is 5.43 Å². The first-order valence-electron chi connectivity index (χ1n) is 2.58. The number of hydrogen-bond donors (Lipinski definition) is 4. The first kappa shape index (κ1) is 9.63. The van der Waals surface area contributed by atoms with Crippen LogP contribution in [0.1, 0.15) is 6.42 Å². The van der Waals surface area contributed by atoms with Crippen LogP contribution in [0.4, 0.5) is 0 Å². The molecule has 0 rings (SSSR count). The number of aliphatic carboxylic acids is 1. The zero-order chi connectivity index (χ0) is 8.85. The summed E-state index contributed by atoms with van der Waals surface area (Å²) in [7, 11) is 0. The Labute approximate surface area is 67.7 Å². The van der Waals surface area contributed by atoms with Crippen molar-refractivity contribution in [2.75, 3.05) is 0 Å².